The first-order valence-electron chi connectivity index (χ1n) is 7.64. The maximum absolute atomic E-state index is 4.66. The van der Waals surface area contributed by atoms with Gasteiger partial charge in [0.2, 0.25) is 0 Å². The molecule has 20 heavy (non-hydrogen) atoms. The van der Waals surface area contributed by atoms with Crippen LogP contribution in [0.1, 0.15) is 23.3 Å². The van der Waals surface area contributed by atoms with E-state index in [1.54, 1.807) is 21.7 Å². The van der Waals surface area contributed by atoms with Crippen LogP contribution in [0, 0.1) is 0 Å². The van der Waals surface area contributed by atoms with Crippen LogP contribution >= 0.6 is 11.3 Å². The number of thiophene rings is 1. The van der Waals surface area contributed by atoms with Crippen LogP contribution in [0.15, 0.2) is 6.33 Å². The van der Waals surface area contributed by atoms with Gasteiger partial charge in [-0.3, -0.25) is 0 Å². The van der Waals surface area contributed by atoms with Crippen LogP contribution in [0.5, 0.6) is 0 Å². The van der Waals surface area contributed by atoms with Crippen molar-refractivity contribution < 1.29 is 4.90 Å². The number of nitrogens with one attached hydrogen (secondary N) is 1. The van der Waals surface area contributed by atoms with Crippen molar-refractivity contribution in [1.82, 2.24) is 9.97 Å². The Balaban J connectivity index is 1.79. The molecule has 1 atom stereocenters. The molecule has 106 valence electrons. The lowest BCUT2D eigenvalue weighted by Crippen LogP contribution is -3.09. The first-order chi connectivity index (χ1) is 9.83. The molecule has 4 rings (SSSR count). The quantitative estimate of drug-likeness (QED) is 0.847. The number of aryl methyl sites for hydroxylation is 2. The molecular weight excluding hydrogens is 268 g/mol. The molecule has 2 aliphatic rings. The van der Waals surface area contributed by atoms with Crippen molar-refractivity contribution in [2.75, 3.05) is 38.1 Å². The molecular formula is C15H21N4S+. The van der Waals surface area contributed by atoms with Crippen LogP contribution < -0.4 is 9.80 Å². The fourth-order valence-electron chi connectivity index (χ4n) is 3.50. The van der Waals surface area contributed by atoms with E-state index in [1.165, 1.54) is 54.8 Å². The second-order valence-corrected chi connectivity index (χ2v) is 7.12. The first-order valence-corrected chi connectivity index (χ1v) is 8.46. The lowest BCUT2D eigenvalue weighted by molar-refractivity contribution is -0.876. The third-order valence-electron chi connectivity index (χ3n) is 4.62. The fraction of sp³-hybridized carbons (Fsp3) is 0.600. The summed E-state index contributed by atoms with van der Waals surface area (Å²) in [5.74, 6) is 1.20. The summed E-state index contributed by atoms with van der Waals surface area (Å²) in [7, 11) is 2.29. The van der Waals surface area contributed by atoms with E-state index in [0.29, 0.717) is 0 Å². The second-order valence-electron chi connectivity index (χ2n) is 6.03. The molecule has 1 fully saturated rings. The summed E-state index contributed by atoms with van der Waals surface area (Å²) in [6, 6.07) is 0. The van der Waals surface area contributed by atoms with E-state index in [-0.39, 0.29) is 0 Å². The van der Waals surface area contributed by atoms with Gasteiger partial charge < -0.3 is 9.80 Å². The van der Waals surface area contributed by atoms with Crippen molar-refractivity contribution in [2.45, 2.75) is 25.7 Å². The number of likely N-dealkylation sites (N-methyl/N-ethyl adjacent to an activating group) is 1. The third kappa shape index (κ3) is 2.00. The zero-order chi connectivity index (χ0) is 13.5. The highest BCUT2D eigenvalue weighted by molar-refractivity contribution is 7.19. The molecule has 1 aliphatic heterocycles. The van der Waals surface area contributed by atoms with Crippen LogP contribution in [-0.4, -0.2) is 43.2 Å². The van der Waals surface area contributed by atoms with Gasteiger partial charge in [0.1, 0.15) is 17.0 Å². The Hall–Kier alpha value is -1.20. The van der Waals surface area contributed by atoms with E-state index < -0.39 is 0 Å². The van der Waals surface area contributed by atoms with Crippen molar-refractivity contribution in [3.63, 3.8) is 0 Å². The summed E-state index contributed by atoms with van der Waals surface area (Å²) in [5, 5.41) is 1.37. The summed E-state index contributed by atoms with van der Waals surface area (Å²) in [6.07, 6.45) is 6.77. The van der Waals surface area contributed by atoms with E-state index in [2.05, 4.69) is 21.9 Å². The van der Waals surface area contributed by atoms with Gasteiger partial charge in [-0.15, -0.1) is 11.3 Å². The molecule has 0 spiro atoms. The van der Waals surface area contributed by atoms with Gasteiger partial charge in [-0.25, -0.2) is 9.97 Å². The molecule has 2 aromatic heterocycles. The minimum Gasteiger partial charge on any atom is -0.350 e. The van der Waals surface area contributed by atoms with E-state index in [0.717, 1.165) is 13.1 Å². The Bertz CT molecular complexity index is 636. The summed E-state index contributed by atoms with van der Waals surface area (Å²) in [4.78, 5) is 16.1. The molecule has 1 saturated heterocycles. The maximum atomic E-state index is 4.66. The molecule has 0 saturated carbocycles. The normalized spacial score (nSPS) is 23.1. The maximum Gasteiger partial charge on any atom is 0.141 e. The Morgan fingerprint density at radius 2 is 2.10 bits per heavy atom. The van der Waals surface area contributed by atoms with Crippen LogP contribution in [0.4, 0.5) is 5.82 Å². The Morgan fingerprint density at radius 1 is 1.15 bits per heavy atom. The predicted molar refractivity (Wildman–Crippen MR) is 82.9 cm³/mol. The molecule has 3 heterocycles. The number of fused-ring (bicyclic) bond motifs is 3. The van der Waals surface area contributed by atoms with Crippen molar-refractivity contribution in [3.8, 4) is 0 Å². The number of quaternary nitrogens is 1. The van der Waals surface area contributed by atoms with E-state index >= 15 is 0 Å². The Kier molecular flexibility index (Phi) is 3.11. The minimum atomic E-state index is 1.11. The lowest BCUT2D eigenvalue weighted by atomic mass is 10.2. The number of hydrogen-bond acceptors (Lipinski definition) is 4. The molecule has 4 nitrogen and oxygen atoms in total. The number of aromatic nitrogens is 2. The molecule has 0 aromatic carbocycles. The SMILES string of the molecule is C[NH+]1CCCN(c2ncnc3sc4c(c23)CCC4)CC1. The molecule has 0 radical (unpaired) electrons. The fourth-order valence-corrected chi connectivity index (χ4v) is 4.72. The zero-order valence-corrected chi connectivity index (χ0v) is 12.8. The van der Waals surface area contributed by atoms with Crippen LogP contribution in [0.3, 0.4) is 0 Å². The van der Waals surface area contributed by atoms with Crippen molar-refractivity contribution in [1.29, 1.82) is 0 Å². The van der Waals surface area contributed by atoms with E-state index in [9.17, 15) is 0 Å². The zero-order valence-electron chi connectivity index (χ0n) is 12.0. The molecule has 2 aromatic rings. The van der Waals surface area contributed by atoms with Gasteiger partial charge in [-0.05, 0) is 24.8 Å². The standard InChI is InChI=1S/C15H20N4S/c1-18-6-3-7-19(9-8-18)14-13-11-4-2-5-12(11)20-15(13)17-10-16-14/h10H,2-9H2,1H3/p+1. The van der Waals surface area contributed by atoms with Gasteiger partial charge in [-0.2, -0.15) is 0 Å². The molecule has 5 heteroatoms. The largest absolute Gasteiger partial charge is 0.350 e. The molecule has 1 N–H and O–H groups in total. The monoisotopic (exact) mass is 289 g/mol. The van der Waals surface area contributed by atoms with Crippen molar-refractivity contribution >= 4 is 27.4 Å². The number of anilines is 1. The highest BCUT2D eigenvalue weighted by Gasteiger charge is 2.24. The predicted octanol–water partition coefficient (Wildman–Crippen LogP) is 0.905. The first kappa shape index (κ1) is 12.5. The molecule has 0 bridgehead atoms. The summed E-state index contributed by atoms with van der Waals surface area (Å²) < 4.78 is 0. The Labute approximate surface area is 123 Å². The molecule has 1 unspecified atom stereocenters. The van der Waals surface area contributed by atoms with Gasteiger partial charge in [0.25, 0.3) is 0 Å². The summed E-state index contributed by atoms with van der Waals surface area (Å²) >= 11 is 1.89. The van der Waals surface area contributed by atoms with Gasteiger partial charge in [0, 0.05) is 17.8 Å². The molecule has 0 amide bonds. The van der Waals surface area contributed by atoms with Crippen LogP contribution in [-0.2, 0) is 12.8 Å². The van der Waals surface area contributed by atoms with Crippen molar-refractivity contribution in [3.05, 3.63) is 16.8 Å². The topological polar surface area (TPSA) is 33.5 Å². The average Bonchev–Trinajstić information content (AvgIpc) is 2.95. The number of hydrogen-bond donors (Lipinski definition) is 1. The number of rotatable bonds is 1. The van der Waals surface area contributed by atoms with Crippen LogP contribution in [0.25, 0.3) is 10.2 Å². The van der Waals surface area contributed by atoms with Crippen LogP contribution in [0.2, 0.25) is 0 Å². The van der Waals surface area contributed by atoms with E-state index in [1.807, 2.05) is 11.3 Å². The minimum absolute atomic E-state index is 1.11. The third-order valence-corrected chi connectivity index (χ3v) is 5.82. The highest BCUT2D eigenvalue weighted by Crippen LogP contribution is 2.40. The van der Waals surface area contributed by atoms with Crippen molar-refractivity contribution in [2.24, 2.45) is 0 Å². The number of nitrogens with zero attached hydrogens (tertiary/aromatic N) is 3. The second kappa shape index (κ2) is 4.97. The lowest BCUT2D eigenvalue weighted by Gasteiger charge is -2.21. The van der Waals surface area contributed by atoms with Gasteiger partial charge in [-0.1, -0.05) is 0 Å². The summed E-state index contributed by atoms with van der Waals surface area (Å²) in [5.41, 5.74) is 1.55. The highest BCUT2D eigenvalue weighted by atomic mass is 32.1. The Morgan fingerprint density at radius 3 is 3.05 bits per heavy atom. The average molecular weight is 289 g/mol. The van der Waals surface area contributed by atoms with Gasteiger partial charge >= 0.3 is 0 Å². The van der Waals surface area contributed by atoms with Gasteiger partial charge in [0.05, 0.1) is 32.1 Å². The molecule has 1 aliphatic carbocycles. The summed E-state index contributed by atoms with van der Waals surface area (Å²) in [6.45, 7) is 4.72. The van der Waals surface area contributed by atoms with Gasteiger partial charge in [0.15, 0.2) is 0 Å². The smallest absolute Gasteiger partial charge is 0.141 e. The van der Waals surface area contributed by atoms with E-state index in [4.69, 9.17) is 0 Å².